The summed E-state index contributed by atoms with van der Waals surface area (Å²) >= 11 is 0. The highest BCUT2D eigenvalue weighted by molar-refractivity contribution is 5.88. The summed E-state index contributed by atoms with van der Waals surface area (Å²) in [6.07, 6.45) is 4.86. The Hall–Kier alpha value is -1.58. The van der Waals surface area contributed by atoms with Crippen molar-refractivity contribution in [1.29, 1.82) is 0 Å². The minimum Gasteiger partial charge on any atom is -0.480 e. The first-order valence-electron chi connectivity index (χ1n) is 3.09. The van der Waals surface area contributed by atoms with Crippen LogP contribution in [0.2, 0.25) is 0 Å². The van der Waals surface area contributed by atoms with Gasteiger partial charge in [0, 0.05) is 6.08 Å². The molecule has 0 aromatic carbocycles. The van der Waals surface area contributed by atoms with Gasteiger partial charge in [0.15, 0.2) is 0 Å². The zero-order valence-electron chi connectivity index (χ0n) is 6.24. The van der Waals surface area contributed by atoms with Crippen LogP contribution in [-0.2, 0) is 4.74 Å². The SMILES string of the molecule is C=C1/C=C\C(OC)=N/NC=N1. The van der Waals surface area contributed by atoms with Crippen molar-refractivity contribution in [1.82, 2.24) is 5.43 Å². The molecule has 11 heavy (non-hydrogen) atoms. The van der Waals surface area contributed by atoms with Crippen molar-refractivity contribution >= 4 is 12.2 Å². The number of nitrogens with zero attached hydrogens (tertiary/aromatic N) is 2. The number of rotatable bonds is 0. The van der Waals surface area contributed by atoms with Gasteiger partial charge in [-0.05, 0) is 6.08 Å². The fourth-order valence-electron chi connectivity index (χ4n) is 0.566. The molecular formula is C7H9N3O. The first-order chi connectivity index (χ1) is 5.33. The lowest BCUT2D eigenvalue weighted by atomic mass is 10.4. The standard InChI is InChI=1S/C7H9N3O/c1-6-3-4-7(11-2)10-9-5-8-6/h3-5H,1H2,2H3,(H,8,9)/b4-3-,10-7+. The van der Waals surface area contributed by atoms with E-state index in [4.69, 9.17) is 4.74 Å². The van der Waals surface area contributed by atoms with Gasteiger partial charge in [-0.2, -0.15) is 0 Å². The van der Waals surface area contributed by atoms with Crippen LogP contribution in [0.3, 0.4) is 0 Å². The van der Waals surface area contributed by atoms with Crippen LogP contribution in [0.15, 0.2) is 34.5 Å². The Morgan fingerprint density at radius 3 is 3.09 bits per heavy atom. The van der Waals surface area contributed by atoms with Crippen molar-refractivity contribution in [2.24, 2.45) is 10.1 Å². The molecule has 0 saturated heterocycles. The Morgan fingerprint density at radius 1 is 1.55 bits per heavy atom. The van der Waals surface area contributed by atoms with Crippen LogP contribution < -0.4 is 5.43 Å². The lowest BCUT2D eigenvalue weighted by molar-refractivity contribution is 0.403. The molecule has 1 heterocycles. The average molecular weight is 151 g/mol. The third-order valence-corrected chi connectivity index (χ3v) is 1.09. The molecule has 1 aliphatic heterocycles. The first-order valence-corrected chi connectivity index (χ1v) is 3.09. The van der Waals surface area contributed by atoms with Crippen LogP contribution in [0.1, 0.15) is 0 Å². The van der Waals surface area contributed by atoms with E-state index >= 15 is 0 Å². The number of allylic oxidation sites excluding steroid dienone is 1. The van der Waals surface area contributed by atoms with Gasteiger partial charge < -0.3 is 4.74 Å². The number of ether oxygens (including phenoxy) is 1. The van der Waals surface area contributed by atoms with Crippen LogP contribution >= 0.6 is 0 Å². The summed E-state index contributed by atoms with van der Waals surface area (Å²) in [7, 11) is 1.55. The van der Waals surface area contributed by atoms with Gasteiger partial charge in [0.2, 0.25) is 5.90 Å². The monoisotopic (exact) mass is 151 g/mol. The highest BCUT2D eigenvalue weighted by Crippen LogP contribution is 1.96. The Kier molecular flexibility index (Phi) is 2.43. The molecule has 0 aliphatic carbocycles. The van der Waals surface area contributed by atoms with Gasteiger partial charge in [-0.3, -0.25) is 5.43 Å². The second-order valence-electron chi connectivity index (χ2n) is 1.87. The van der Waals surface area contributed by atoms with Crippen LogP contribution in [0.25, 0.3) is 0 Å². The number of hydrogen-bond acceptors (Lipinski definition) is 4. The zero-order valence-corrected chi connectivity index (χ0v) is 6.24. The molecule has 0 saturated carbocycles. The Bertz CT molecular complexity index is 240. The predicted octanol–water partition coefficient (Wildman–Crippen LogP) is 0.648. The summed E-state index contributed by atoms with van der Waals surface area (Å²) in [5.74, 6) is 0.498. The summed E-state index contributed by atoms with van der Waals surface area (Å²) in [6.45, 7) is 3.65. The third-order valence-electron chi connectivity index (χ3n) is 1.09. The van der Waals surface area contributed by atoms with Crippen LogP contribution in [-0.4, -0.2) is 19.3 Å². The number of methoxy groups -OCH3 is 1. The molecule has 1 rings (SSSR count). The molecule has 1 aliphatic rings. The van der Waals surface area contributed by atoms with Gasteiger partial charge in [0.05, 0.1) is 12.8 Å². The van der Waals surface area contributed by atoms with Crippen molar-refractivity contribution in [3.8, 4) is 0 Å². The van der Waals surface area contributed by atoms with Crippen molar-refractivity contribution in [3.05, 3.63) is 24.4 Å². The van der Waals surface area contributed by atoms with E-state index in [9.17, 15) is 0 Å². The molecule has 4 nitrogen and oxygen atoms in total. The second kappa shape index (κ2) is 3.55. The Balaban J connectivity index is 2.78. The number of aliphatic imine (C=N–C) groups is 1. The van der Waals surface area contributed by atoms with Gasteiger partial charge in [0.25, 0.3) is 0 Å². The highest BCUT2D eigenvalue weighted by atomic mass is 16.5. The molecule has 0 radical (unpaired) electrons. The summed E-state index contributed by atoms with van der Waals surface area (Å²) in [5.41, 5.74) is 3.23. The van der Waals surface area contributed by atoms with Crippen LogP contribution in [0.5, 0.6) is 0 Å². The zero-order chi connectivity index (χ0) is 8.10. The molecular weight excluding hydrogens is 142 g/mol. The van der Waals surface area contributed by atoms with E-state index in [2.05, 4.69) is 22.1 Å². The average Bonchev–Trinajstić information content (AvgIpc) is 1.98. The lowest BCUT2D eigenvalue weighted by Crippen LogP contribution is -2.09. The number of hydrazone groups is 1. The maximum Gasteiger partial charge on any atom is 0.230 e. The lowest BCUT2D eigenvalue weighted by Gasteiger charge is -2.00. The predicted molar refractivity (Wildman–Crippen MR) is 44.4 cm³/mol. The van der Waals surface area contributed by atoms with E-state index in [0.29, 0.717) is 11.6 Å². The molecule has 0 aromatic heterocycles. The Labute approximate surface area is 65.0 Å². The molecule has 0 fully saturated rings. The van der Waals surface area contributed by atoms with Gasteiger partial charge in [0.1, 0.15) is 6.34 Å². The van der Waals surface area contributed by atoms with E-state index in [0.717, 1.165) is 0 Å². The fourth-order valence-corrected chi connectivity index (χ4v) is 0.566. The maximum atomic E-state index is 4.87. The van der Waals surface area contributed by atoms with E-state index in [-0.39, 0.29) is 0 Å². The third kappa shape index (κ3) is 2.25. The van der Waals surface area contributed by atoms with E-state index < -0.39 is 0 Å². The fraction of sp³-hybridized carbons (Fsp3) is 0.143. The summed E-state index contributed by atoms with van der Waals surface area (Å²) in [6, 6.07) is 0. The summed E-state index contributed by atoms with van der Waals surface area (Å²) in [5, 5.41) is 3.80. The van der Waals surface area contributed by atoms with Crippen molar-refractivity contribution < 1.29 is 4.74 Å². The van der Waals surface area contributed by atoms with Crippen molar-refractivity contribution in [3.63, 3.8) is 0 Å². The van der Waals surface area contributed by atoms with E-state index in [1.54, 1.807) is 19.3 Å². The maximum absolute atomic E-state index is 4.87. The molecule has 0 aromatic rings. The second-order valence-corrected chi connectivity index (χ2v) is 1.87. The van der Waals surface area contributed by atoms with Crippen molar-refractivity contribution in [2.75, 3.05) is 7.11 Å². The molecule has 0 unspecified atom stereocenters. The topological polar surface area (TPSA) is 46.0 Å². The molecule has 4 heteroatoms. The normalized spacial score (nSPS) is 24.1. The molecule has 0 bridgehead atoms. The van der Waals surface area contributed by atoms with Gasteiger partial charge in [-0.1, -0.05) is 6.58 Å². The number of nitrogens with one attached hydrogen (secondary N) is 1. The van der Waals surface area contributed by atoms with Gasteiger partial charge in [-0.25, -0.2) is 4.99 Å². The largest absolute Gasteiger partial charge is 0.480 e. The van der Waals surface area contributed by atoms with Crippen molar-refractivity contribution in [2.45, 2.75) is 0 Å². The Morgan fingerprint density at radius 2 is 2.36 bits per heavy atom. The van der Waals surface area contributed by atoms with Crippen LogP contribution in [0, 0.1) is 0 Å². The molecule has 1 N–H and O–H groups in total. The molecule has 0 spiro atoms. The van der Waals surface area contributed by atoms with E-state index in [1.165, 1.54) is 6.34 Å². The number of hydrogen-bond donors (Lipinski definition) is 1. The minimum absolute atomic E-state index is 0.498. The molecule has 0 amide bonds. The smallest absolute Gasteiger partial charge is 0.230 e. The minimum atomic E-state index is 0.498. The molecule has 0 atom stereocenters. The highest BCUT2D eigenvalue weighted by Gasteiger charge is 1.92. The summed E-state index contributed by atoms with van der Waals surface area (Å²) < 4.78 is 4.87. The summed E-state index contributed by atoms with van der Waals surface area (Å²) in [4.78, 5) is 3.87. The van der Waals surface area contributed by atoms with Crippen LogP contribution in [0.4, 0.5) is 0 Å². The quantitative estimate of drug-likeness (QED) is 0.552. The first kappa shape index (κ1) is 7.53. The van der Waals surface area contributed by atoms with Gasteiger partial charge in [-0.15, -0.1) is 5.10 Å². The van der Waals surface area contributed by atoms with Gasteiger partial charge >= 0.3 is 0 Å². The molecule has 58 valence electrons. The van der Waals surface area contributed by atoms with E-state index in [1.807, 2.05) is 0 Å².